The summed E-state index contributed by atoms with van der Waals surface area (Å²) in [6, 6.07) is 30.9. The zero-order valence-corrected chi connectivity index (χ0v) is 41.9. The first-order chi connectivity index (χ1) is 28.1. The predicted octanol–water partition coefficient (Wildman–Crippen LogP) is 14.4. The minimum atomic E-state index is -5.09. The molecular formula is C57H73O4P. The molecule has 0 saturated carbocycles. The van der Waals surface area contributed by atoms with Crippen molar-refractivity contribution in [3.05, 3.63) is 136 Å². The van der Waals surface area contributed by atoms with Crippen LogP contribution in [-0.4, -0.2) is 20.5 Å². The monoisotopic (exact) mass is 853 g/mol. The average molecular weight is 853 g/mol. The van der Waals surface area contributed by atoms with Crippen LogP contribution in [0.15, 0.2) is 91.0 Å². The van der Waals surface area contributed by atoms with Gasteiger partial charge in [0.15, 0.2) is 0 Å². The Morgan fingerprint density at radius 1 is 0.419 bits per heavy atom. The summed E-state index contributed by atoms with van der Waals surface area (Å²) in [7, 11) is -5.09. The van der Waals surface area contributed by atoms with Crippen molar-refractivity contribution >= 4 is 40.6 Å². The molecule has 0 amide bonds. The van der Waals surface area contributed by atoms with Crippen molar-refractivity contribution in [1.29, 1.82) is 0 Å². The molecule has 0 unspecified atom stereocenters. The molecule has 0 radical (unpaired) electrons. The van der Waals surface area contributed by atoms with E-state index in [4.69, 9.17) is 0 Å². The summed E-state index contributed by atoms with van der Waals surface area (Å²) in [6.07, 6.45) is 0. The molecule has 0 bridgehead atoms. The zero-order chi connectivity index (χ0) is 46.5. The second kappa shape index (κ2) is 15.5. The Balaban J connectivity index is 1.97. The van der Waals surface area contributed by atoms with Crippen LogP contribution in [0.25, 0.3) is 43.8 Å². The third-order valence-corrected chi connectivity index (χ3v) is 13.7. The molecule has 6 aromatic carbocycles. The molecule has 4 nitrogen and oxygen atoms in total. The van der Waals surface area contributed by atoms with Crippen molar-refractivity contribution in [1.82, 2.24) is 0 Å². The van der Waals surface area contributed by atoms with E-state index >= 15 is 4.79 Å². The Morgan fingerprint density at radius 2 is 0.806 bits per heavy atom. The Hall–Kier alpha value is -4.18. The number of ketones is 1. The van der Waals surface area contributed by atoms with Crippen molar-refractivity contribution in [2.75, 3.05) is 0 Å². The molecule has 0 aliphatic rings. The fraction of sp³-hybridized carbons (Fsp3) is 0.421. The first-order valence-electron chi connectivity index (χ1n) is 22.3. The average Bonchev–Trinajstić information content (AvgIpc) is 3.12. The number of hydrogen-bond acceptors (Lipinski definition) is 4. The van der Waals surface area contributed by atoms with Crippen molar-refractivity contribution in [2.45, 2.75) is 157 Å². The standard InChI is InChI=1S/C57H73O4P/c1-52(2,3)37-26-35-28-44(54(7,8)9)42(32-40(35)46(30-37)56(13,14)15)49-39(51(58)34-22-20-19-21-23-34)24-25-48(62(59,60)61)50(49)43-33-41-36(29-45(43)55(10,11)12)27-38(53(4,5)6)31-47(41)57(16,17)18/h19-33,59-62H,1-18H3. The van der Waals surface area contributed by atoms with Gasteiger partial charge in [0.05, 0.1) is 0 Å². The molecule has 0 fully saturated rings. The van der Waals surface area contributed by atoms with Crippen LogP contribution in [0.4, 0.5) is 0 Å². The molecule has 6 aromatic rings. The van der Waals surface area contributed by atoms with Gasteiger partial charge in [-0.25, -0.2) is 0 Å². The fourth-order valence-electron chi connectivity index (χ4n) is 8.96. The molecule has 6 rings (SSSR count). The van der Waals surface area contributed by atoms with Crippen LogP contribution in [0.5, 0.6) is 0 Å². The van der Waals surface area contributed by atoms with Crippen LogP contribution in [0.3, 0.4) is 0 Å². The first-order valence-corrected chi connectivity index (χ1v) is 24.2. The van der Waals surface area contributed by atoms with Crippen molar-refractivity contribution < 1.29 is 19.5 Å². The molecular weight excluding hydrogens is 780 g/mol. The van der Waals surface area contributed by atoms with Gasteiger partial charge < -0.3 is 0 Å². The zero-order valence-electron chi connectivity index (χ0n) is 40.9. The molecule has 0 aliphatic carbocycles. The van der Waals surface area contributed by atoms with E-state index in [1.807, 2.05) is 30.3 Å². The Morgan fingerprint density at radius 3 is 1.16 bits per heavy atom. The first kappa shape index (κ1) is 47.3. The molecule has 5 heteroatoms. The molecule has 0 heterocycles. The van der Waals surface area contributed by atoms with Gasteiger partial charge in [-0.15, -0.1) is 0 Å². The maximum absolute atomic E-state index is 15.2. The van der Waals surface area contributed by atoms with Crippen molar-refractivity contribution in [3.63, 3.8) is 0 Å². The van der Waals surface area contributed by atoms with Crippen LogP contribution in [0, 0.1) is 0 Å². The molecule has 0 spiro atoms. The third-order valence-electron chi connectivity index (χ3n) is 12.5. The van der Waals surface area contributed by atoms with Crippen LogP contribution in [-0.2, 0) is 32.5 Å². The molecule has 62 heavy (non-hydrogen) atoms. The molecule has 3 N–H and O–H groups in total. The van der Waals surface area contributed by atoms with Crippen molar-refractivity contribution in [3.8, 4) is 22.3 Å². The van der Waals surface area contributed by atoms with Gasteiger partial charge in [0.25, 0.3) is 0 Å². The summed E-state index contributed by atoms with van der Waals surface area (Å²) in [5, 5.41) is 4.38. The third kappa shape index (κ3) is 9.23. The molecule has 0 saturated heterocycles. The summed E-state index contributed by atoms with van der Waals surface area (Å²) in [5.41, 5.74) is 8.91. The molecule has 0 aromatic heterocycles. The predicted molar refractivity (Wildman–Crippen MR) is 269 cm³/mol. The number of rotatable bonds is 5. The topological polar surface area (TPSA) is 77.8 Å². The van der Waals surface area contributed by atoms with Crippen LogP contribution in [0.1, 0.15) is 174 Å². The molecule has 0 aliphatic heterocycles. The number of fused-ring (bicyclic) bond motifs is 2. The van der Waals surface area contributed by atoms with Crippen LogP contribution >= 0.6 is 7.94 Å². The quantitative estimate of drug-likeness (QED) is 0.119. The Bertz CT molecular complexity index is 2710. The summed E-state index contributed by atoms with van der Waals surface area (Å²) in [6.45, 7) is 40.0. The number of benzene rings is 6. The summed E-state index contributed by atoms with van der Waals surface area (Å²) in [5.74, 6) is -0.183. The number of carbonyl (C=O) groups excluding carboxylic acids is 1. The van der Waals surface area contributed by atoms with E-state index in [0.717, 1.165) is 43.8 Å². The SMILES string of the molecule is CC(C)(C)c1cc(C(C)(C)C)c2cc(-c3c(C(=O)c4ccccc4)ccc([PH](O)(O)O)c3-c3cc4c(C(C)(C)C)cc(C(C)(C)C)cc4cc3C(C)(C)C)c(C(C)(C)C)cc2c1. The second-order valence-corrected chi connectivity index (χ2v) is 25.8. The number of carbonyl (C=O) groups is 1. The second-order valence-electron chi connectivity index (χ2n) is 24.0. The van der Waals surface area contributed by atoms with E-state index in [9.17, 15) is 14.7 Å². The van der Waals surface area contributed by atoms with E-state index in [0.29, 0.717) is 22.3 Å². The van der Waals surface area contributed by atoms with Gasteiger partial charge in [-0.2, -0.15) is 0 Å². The van der Waals surface area contributed by atoms with Gasteiger partial charge >= 0.3 is 375 Å². The number of hydrogen-bond donors (Lipinski definition) is 3. The van der Waals surface area contributed by atoms with E-state index in [2.05, 4.69) is 173 Å². The minimum absolute atomic E-state index is 0.0460. The van der Waals surface area contributed by atoms with Gasteiger partial charge in [-0.05, 0) is 0 Å². The summed E-state index contributed by atoms with van der Waals surface area (Å²) in [4.78, 5) is 50.3. The van der Waals surface area contributed by atoms with Gasteiger partial charge in [0.2, 0.25) is 0 Å². The van der Waals surface area contributed by atoms with E-state index in [-0.39, 0.29) is 32.7 Å². The molecule has 330 valence electrons. The van der Waals surface area contributed by atoms with E-state index in [1.165, 1.54) is 22.3 Å². The van der Waals surface area contributed by atoms with Gasteiger partial charge in [-0.1, -0.05) is 0 Å². The normalized spacial score (nSPS) is 13.9. The summed E-state index contributed by atoms with van der Waals surface area (Å²) >= 11 is 0. The van der Waals surface area contributed by atoms with E-state index in [1.54, 1.807) is 12.1 Å². The van der Waals surface area contributed by atoms with Gasteiger partial charge in [0.1, 0.15) is 0 Å². The van der Waals surface area contributed by atoms with Crippen molar-refractivity contribution in [2.24, 2.45) is 0 Å². The maximum atomic E-state index is 15.2. The fourth-order valence-corrected chi connectivity index (χ4v) is 9.86. The van der Waals surface area contributed by atoms with Crippen LogP contribution in [0.2, 0.25) is 0 Å². The Kier molecular flexibility index (Phi) is 11.8. The van der Waals surface area contributed by atoms with Crippen LogP contribution < -0.4 is 5.30 Å². The van der Waals surface area contributed by atoms with Gasteiger partial charge in [0, 0.05) is 0 Å². The van der Waals surface area contributed by atoms with Gasteiger partial charge in [-0.3, -0.25) is 0 Å². The van der Waals surface area contributed by atoms with E-state index < -0.39 is 18.8 Å². The Labute approximate surface area is 373 Å². The summed E-state index contributed by atoms with van der Waals surface area (Å²) < 4.78 is 0. The molecule has 0 atom stereocenters.